The first-order valence-electron chi connectivity index (χ1n) is 6.91. The molecule has 0 bridgehead atoms. The number of aryl methyl sites for hydroxylation is 1. The van der Waals surface area contributed by atoms with Crippen LogP contribution in [-0.4, -0.2) is 53.7 Å². The van der Waals surface area contributed by atoms with Crippen LogP contribution in [0.25, 0.3) is 0 Å². The van der Waals surface area contributed by atoms with E-state index < -0.39 is 6.10 Å². The molecule has 1 aliphatic heterocycles. The molecule has 2 unspecified atom stereocenters. The third kappa shape index (κ3) is 4.21. The van der Waals surface area contributed by atoms with Crippen LogP contribution in [0.4, 0.5) is 0 Å². The average molecular weight is 281 g/mol. The number of aromatic nitrogens is 2. The van der Waals surface area contributed by atoms with Crippen molar-refractivity contribution in [3.05, 3.63) is 18.0 Å². The van der Waals surface area contributed by atoms with Crippen molar-refractivity contribution < 1.29 is 9.84 Å². The van der Waals surface area contributed by atoms with Gasteiger partial charge in [-0.2, -0.15) is 5.10 Å². The summed E-state index contributed by atoms with van der Waals surface area (Å²) in [6, 6.07) is 0. The lowest BCUT2D eigenvalue weighted by molar-refractivity contribution is 0.113. The first-order chi connectivity index (χ1) is 9.69. The lowest BCUT2D eigenvalue weighted by Crippen LogP contribution is -2.42. The van der Waals surface area contributed by atoms with Gasteiger partial charge in [-0.25, -0.2) is 0 Å². The largest absolute Gasteiger partial charge is 0.386 e. The fraction of sp³-hybridized carbons (Fsp3) is 0.692. The molecule has 1 fully saturated rings. The van der Waals surface area contributed by atoms with Crippen LogP contribution in [0, 0.1) is 0 Å². The summed E-state index contributed by atoms with van der Waals surface area (Å²) >= 11 is 0. The number of nitrogens with zero attached hydrogens (tertiary/aromatic N) is 3. The summed E-state index contributed by atoms with van der Waals surface area (Å²) in [5.74, 6) is 0.670. The van der Waals surface area contributed by atoms with Gasteiger partial charge in [-0.15, -0.1) is 0 Å². The van der Waals surface area contributed by atoms with E-state index in [0.717, 1.165) is 31.6 Å². The van der Waals surface area contributed by atoms with Gasteiger partial charge in [-0.3, -0.25) is 9.67 Å². The molecule has 0 spiro atoms. The molecule has 3 N–H and O–H groups in total. The van der Waals surface area contributed by atoms with Crippen LogP contribution in [0.1, 0.15) is 24.5 Å². The number of aliphatic imine (C=N–C) groups is 1. The number of aliphatic hydroxyl groups is 1. The van der Waals surface area contributed by atoms with E-state index in [1.807, 2.05) is 7.05 Å². The van der Waals surface area contributed by atoms with E-state index in [1.165, 1.54) is 0 Å². The zero-order valence-corrected chi connectivity index (χ0v) is 12.0. The predicted molar refractivity (Wildman–Crippen MR) is 76.5 cm³/mol. The number of nitrogens with one attached hydrogen (secondary N) is 2. The second-order valence-corrected chi connectivity index (χ2v) is 4.93. The van der Waals surface area contributed by atoms with Crippen LogP contribution in [0.5, 0.6) is 0 Å². The van der Waals surface area contributed by atoms with E-state index in [1.54, 1.807) is 24.1 Å². The first-order valence-corrected chi connectivity index (χ1v) is 6.91. The highest BCUT2D eigenvalue weighted by atomic mass is 16.5. The van der Waals surface area contributed by atoms with Gasteiger partial charge in [-0.1, -0.05) is 0 Å². The Kier molecular flexibility index (Phi) is 5.37. The van der Waals surface area contributed by atoms with E-state index in [9.17, 15) is 5.11 Å². The zero-order valence-electron chi connectivity index (χ0n) is 12.0. The molecule has 0 saturated carbocycles. The normalized spacial score (nSPS) is 20.9. The highest BCUT2D eigenvalue weighted by molar-refractivity contribution is 5.79. The van der Waals surface area contributed by atoms with Gasteiger partial charge in [0.2, 0.25) is 0 Å². The second-order valence-electron chi connectivity index (χ2n) is 4.93. The molecular formula is C13H23N5O2. The third-order valence-electron chi connectivity index (χ3n) is 3.32. The fourth-order valence-corrected chi connectivity index (χ4v) is 2.16. The molecule has 1 aromatic heterocycles. The lowest BCUT2D eigenvalue weighted by atomic mass is 10.2. The van der Waals surface area contributed by atoms with Crippen LogP contribution in [0.3, 0.4) is 0 Å². The van der Waals surface area contributed by atoms with Crippen molar-refractivity contribution in [3.8, 4) is 0 Å². The van der Waals surface area contributed by atoms with Crippen LogP contribution in [-0.2, 0) is 11.8 Å². The maximum Gasteiger partial charge on any atom is 0.191 e. The highest BCUT2D eigenvalue weighted by Crippen LogP contribution is 2.11. The standard InChI is InChI=1S/C13H23N5O2/c1-14-13(15-7-11-4-3-5-20-11)16-8-12(19)10-6-17-18(2)9-10/h6,9,11-12,19H,3-5,7-8H2,1-2H3,(H2,14,15,16). The summed E-state index contributed by atoms with van der Waals surface area (Å²) in [5.41, 5.74) is 0.787. The second kappa shape index (κ2) is 7.25. The van der Waals surface area contributed by atoms with Crippen molar-refractivity contribution in [2.45, 2.75) is 25.0 Å². The molecule has 112 valence electrons. The summed E-state index contributed by atoms with van der Waals surface area (Å²) < 4.78 is 7.21. The molecular weight excluding hydrogens is 258 g/mol. The van der Waals surface area contributed by atoms with Gasteiger partial charge in [0.15, 0.2) is 5.96 Å². The zero-order chi connectivity index (χ0) is 14.4. The molecule has 2 atom stereocenters. The summed E-state index contributed by atoms with van der Waals surface area (Å²) in [5, 5.41) is 20.4. The number of aliphatic hydroxyl groups excluding tert-OH is 1. The van der Waals surface area contributed by atoms with Crippen molar-refractivity contribution in [1.82, 2.24) is 20.4 Å². The van der Waals surface area contributed by atoms with Gasteiger partial charge in [0.25, 0.3) is 0 Å². The minimum Gasteiger partial charge on any atom is -0.386 e. The Balaban J connectivity index is 1.72. The monoisotopic (exact) mass is 281 g/mol. The molecule has 0 aliphatic carbocycles. The molecule has 7 heteroatoms. The maximum absolute atomic E-state index is 10.0. The van der Waals surface area contributed by atoms with Gasteiger partial charge >= 0.3 is 0 Å². The van der Waals surface area contributed by atoms with E-state index in [4.69, 9.17) is 4.74 Å². The summed E-state index contributed by atoms with van der Waals surface area (Å²) in [6.45, 7) is 1.97. The van der Waals surface area contributed by atoms with E-state index in [-0.39, 0.29) is 6.10 Å². The van der Waals surface area contributed by atoms with Gasteiger partial charge in [0.05, 0.1) is 18.4 Å². The molecule has 20 heavy (non-hydrogen) atoms. The number of guanidine groups is 1. The summed E-state index contributed by atoms with van der Waals surface area (Å²) in [4.78, 5) is 4.13. The molecule has 0 radical (unpaired) electrons. The summed E-state index contributed by atoms with van der Waals surface area (Å²) in [6.07, 6.45) is 5.33. The number of hydrogen-bond acceptors (Lipinski definition) is 4. The van der Waals surface area contributed by atoms with Crippen LogP contribution < -0.4 is 10.6 Å². The van der Waals surface area contributed by atoms with Crippen LogP contribution in [0.15, 0.2) is 17.4 Å². The van der Waals surface area contributed by atoms with Crippen LogP contribution >= 0.6 is 0 Å². The molecule has 7 nitrogen and oxygen atoms in total. The van der Waals surface area contributed by atoms with E-state index in [0.29, 0.717) is 12.5 Å². The molecule has 2 rings (SSSR count). The van der Waals surface area contributed by atoms with E-state index in [2.05, 4.69) is 20.7 Å². The number of rotatable bonds is 5. The van der Waals surface area contributed by atoms with Gasteiger partial charge in [0, 0.05) is 45.6 Å². The smallest absolute Gasteiger partial charge is 0.191 e. The Morgan fingerprint density at radius 3 is 3.10 bits per heavy atom. The molecule has 1 aromatic rings. The van der Waals surface area contributed by atoms with Crippen molar-refractivity contribution in [1.29, 1.82) is 0 Å². The predicted octanol–water partition coefficient (Wildman–Crippen LogP) is -0.202. The van der Waals surface area contributed by atoms with Crippen molar-refractivity contribution in [2.75, 3.05) is 26.7 Å². The SMILES string of the molecule is CN=C(NCC1CCCO1)NCC(O)c1cnn(C)c1. The maximum atomic E-state index is 10.0. The van der Waals surface area contributed by atoms with Crippen molar-refractivity contribution >= 4 is 5.96 Å². The van der Waals surface area contributed by atoms with Gasteiger partial charge in [-0.05, 0) is 12.8 Å². The Labute approximate surface area is 119 Å². The molecule has 2 heterocycles. The van der Waals surface area contributed by atoms with Crippen molar-refractivity contribution in [2.24, 2.45) is 12.0 Å². The third-order valence-corrected chi connectivity index (χ3v) is 3.32. The number of hydrogen-bond donors (Lipinski definition) is 3. The first kappa shape index (κ1) is 14.8. The molecule has 1 saturated heterocycles. The molecule has 0 aromatic carbocycles. The average Bonchev–Trinajstić information content (AvgIpc) is 3.10. The van der Waals surface area contributed by atoms with Gasteiger partial charge < -0.3 is 20.5 Å². The Bertz CT molecular complexity index is 440. The lowest BCUT2D eigenvalue weighted by Gasteiger charge is -2.16. The summed E-state index contributed by atoms with van der Waals surface area (Å²) in [7, 11) is 3.53. The van der Waals surface area contributed by atoms with Crippen LogP contribution in [0.2, 0.25) is 0 Å². The van der Waals surface area contributed by atoms with Crippen molar-refractivity contribution in [3.63, 3.8) is 0 Å². The Morgan fingerprint density at radius 2 is 2.50 bits per heavy atom. The topological polar surface area (TPSA) is 83.7 Å². The van der Waals surface area contributed by atoms with Gasteiger partial charge in [0.1, 0.15) is 0 Å². The highest BCUT2D eigenvalue weighted by Gasteiger charge is 2.16. The number of ether oxygens (including phenoxy) is 1. The Hall–Kier alpha value is -1.60. The minimum atomic E-state index is -0.606. The molecule has 1 aliphatic rings. The molecule has 0 amide bonds. The quantitative estimate of drug-likeness (QED) is 0.514. The minimum absolute atomic E-state index is 0.261. The Morgan fingerprint density at radius 1 is 1.65 bits per heavy atom. The fourth-order valence-electron chi connectivity index (χ4n) is 2.16. The van der Waals surface area contributed by atoms with E-state index >= 15 is 0 Å².